The second kappa shape index (κ2) is 10.4. The molecule has 1 unspecified atom stereocenters. The third-order valence-corrected chi connectivity index (χ3v) is 9.71. The quantitative estimate of drug-likeness (QED) is 0.455. The molecule has 2 aromatic carbocycles. The zero-order chi connectivity index (χ0) is 25.3. The molecule has 2 saturated heterocycles. The molecule has 0 aliphatic carbocycles. The highest BCUT2D eigenvalue weighted by Crippen LogP contribution is 2.36. The fourth-order valence-electron chi connectivity index (χ4n) is 4.77. The third-order valence-electron chi connectivity index (χ3n) is 6.75. The number of carbonyl (C=O) groups excluding carboxylic acids is 1. The van der Waals surface area contributed by atoms with Gasteiger partial charge in [-0.25, -0.2) is 17.8 Å². The van der Waals surface area contributed by atoms with E-state index in [4.69, 9.17) is 14.5 Å². The van der Waals surface area contributed by atoms with Gasteiger partial charge in [0.05, 0.1) is 29.4 Å². The van der Waals surface area contributed by atoms with Gasteiger partial charge < -0.3 is 9.47 Å². The van der Waals surface area contributed by atoms with Gasteiger partial charge in [0.1, 0.15) is 17.1 Å². The number of benzene rings is 2. The van der Waals surface area contributed by atoms with Gasteiger partial charge in [-0.05, 0) is 62.1 Å². The van der Waals surface area contributed by atoms with Crippen molar-refractivity contribution in [3.8, 4) is 5.75 Å². The number of para-hydroxylation sites is 1. The summed E-state index contributed by atoms with van der Waals surface area (Å²) < 4.78 is 52.8. The van der Waals surface area contributed by atoms with Crippen molar-refractivity contribution in [2.45, 2.75) is 36.7 Å². The van der Waals surface area contributed by atoms with E-state index in [0.29, 0.717) is 42.4 Å². The predicted octanol–water partition coefficient (Wildman–Crippen LogP) is 4.06. The highest BCUT2D eigenvalue weighted by atomic mass is 32.2. The van der Waals surface area contributed by atoms with Crippen molar-refractivity contribution in [2.75, 3.05) is 38.3 Å². The number of amides is 1. The molecule has 0 radical (unpaired) electrons. The molecule has 11 heteroatoms. The van der Waals surface area contributed by atoms with E-state index in [0.717, 1.165) is 29.7 Å². The average molecular weight is 534 g/mol. The summed E-state index contributed by atoms with van der Waals surface area (Å²) in [5.41, 5.74) is 0.713. The molecule has 0 N–H and O–H groups in total. The number of halogens is 1. The Kier molecular flexibility index (Phi) is 7.25. The van der Waals surface area contributed by atoms with Gasteiger partial charge in [0.2, 0.25) is 15.9 Å². The Morgan fingerprint density at radius 3 is 2.61 bits per heavy atom. The molecule has 2 aliphatic rings. The summed E-state index contributed by atoms with van der Waals surface area (Å²) in [5, 5.41) is 0.594. The summed E-state index contributed by atoms with van der Waals surface area (Å²) in [6.07, 6.45) is 2.58. The van der Waals surface area contributed by atoms with Crippen LogP contribution in [0.2, 0.25) is 0 Å². The van der Waals surface area contributed by atoms with Crippen LogP contribution in [0.5, 0.6) is 5.75 Å². The summed E-state index contributed by atoms with van der Waals surface area (Å²) in [5.74, 6) is -0.238. The Morgan fingerprint density at radius 2 is 1.94 bits per heavy atom. The normalized spacial score (nSPS) is 19.6. The minimum atomic E-state index is -3.75. The van der Waals surface area contributed by atoms with Gasteiger partial charge in [-0.1, -0.05) is 17.4 Å². The topological polar surface area (TPSA) is 89.0 Å². The highest BCUT2D eigenvalue weighted by Gasteiger charge is 2.36. The summed E-state index contributed by atoms with van der Waals surface area (Å²) >= 11 is 1.44. The number of aromatic nitrogens is 1. The Balaban J connectivity index is 1.35. The number of thiazole rings is 1. The summed E-state index contributed by atoms with van der Waals surface area (Å²) in [6.45, 7) is 1.53. The Hall–Kier alpha value is -2.60. The second-order valence-corrected chi connectivity index (χ2v) is 12.0. The number of carbonyl (C=O) groups is 1. The van der Waals surface area contributed by atoms with Gasteiger partial charge in [-0.15, -0.1) is 0 Å². The van der Waals surface area contributed by atoms with E-state index >= 15 is 0 Å². The standard InChI is InChI=1S/C25H28FN3O5S2/c1-33-21-5-2-6-22-23(21)27-25(35-22)29(16-19-4-3-15-34-19)24(30)17-11-13-28(14-12-17)36(31,32)20-9-7-18(26)8-10-20/h2,5-10,17,19H,3-4,11-16H2,1H3. The molecule has 8 nitrogen and oxygen atoms in total. The molecule has 3 aromatic rings. The lowest BCUT2D eigenvalue weighted by Crippen LogP contribution is -2.46. The molecule has 1 aromatic heterocycles. The number of methoxy groups -OCH3 is 1. The first kappa shape index (κ1) is 25.1. The maximum absolute atomic E-state index is 13.8. The molecule has 0 saturated carbocycles. The Labute approximate surface area is 213 Å². The number of hydrogen-bond donors (Lipinski definition) is 0. The zero-order valence-corrected chi connectivity index (χ0v) is 21.6. The van der Waals surface area contributed by atoms with Crippen molar-refractivity contribution < 1.29 is 27.1 Å². The van der Waals surface area contributed by atoms with Gasteiger partial charge >= 0.3 is 0 Å². The molecule has 1 atom stereocenters. The van der Waals surface area contributed by atoms with Crippen LogP contribution in [0.25, 0.3) is 10.2 Å². The molecule has 3 heterocycles. The van der Waals surface area contributed by atoms with Crippen molar-refractivity contribution in [1.82, 2.24) is 9.29 Å². The SMILES string of the molecule is COc1cccc2sc(N(CC3CCCO3)C(=O)C3CCN(S(=O)(=O)c4ccc(F)cc4)CC3)nc12. The predicted molar refractivity (Wildman–Crippen MR) is 135 cm³/mol. The maximum atomic E-state index is 13.8. The second-order valence-electron chi connectivity index (χ2n) is 9.02. The van der Waals surface area contributed by atoms with Gasteiger partial charge in [0, 0.05) is 25.6 Å². The van der Waals surface area contributed by atoms with Crippen LogP contribution in [0.4, 0.5) is 9.52 Å². The number of nitrogens with zero attached hydrogens (tertiary/aromatic N) is 3. The fraction of sp³-hybridized carbons (Fsp3) is 0.440. The molecule has 5 rings (SSSR count). The van der Waals surface area contributed by atoms with Crippen molar-refractivity contribution in [2.24, 2.45) is 5.92 Å². The van der Waals surface area contributed by atoms with Crippen LogP contribution in [0.15, 0.2) is 47.4 Å². The van der Waals surface area contributed by atoms with Crippen LogP contribution < -0.4 is 9.64 Å². The zero-order valence-electron chi connectivity index (χ0n) is 19.9. The molecule has 0 bridgehead atoms. The van der Waals surface area contributed by atoms with Crippen molar-refractivity contribution in [3.63, 3.8) is 0 Å². The number of fused-ring (bicyclic) bond motifs is 1. The van der Waals surface area contributed by atoms with Crippen LogP contribution in [-0.4, -0.2) is 63.1 Å². The third kappa shape index (κ3) is 4.97. The summed E-state index contributed by atoms with van der Waals surface area (Å²) in [6, 6.07) is 10.5. The lowest BCUT2D eigenvalue weighted by Gasteiger charge is -2.33. The minimum Gasteiger partial charge on any atom is -0.494 e. The Bertz CT molecular complexity index is 1330. The van der Waals surface area contributed by atoms with E-state index in [1.54, 1.807) is 12.0 Å². The molecule has 192 valence electrons. The van der Waals surface area contributed by atoms with E-state index in [1.165, 1.54) is 27.8 Å². The smallest absolute Gasteiger partial charge is 0.243 e. The molecule has 1 amide bonds. The number of ether oxygens (including phenoxy) is 2. The van der Waals surface area contributed by atoms with E-state index in [1.807, 2.05) is 18.2 Å². The molecule has 2 fully saturated rings. The van der Waals surface area contributed by atoms with Crippen LogP contribution in [0, 0.1) is 11.7 Å². The summed E-state index contributed by atoms with van der Waals surface area (Å²) in [4.78, 5) is 20.3. The number of hydrogen-bond acceptors (Lipinski definition) is 7. The first-order valence-electron chi connectivity index (χ1n) is 12.0. The van der Waals surface area contributed by atoms with Crippen molar-refractivity contribution in [1.29, 1.82) is 0 Å². The largest absolute Gasteiger partial charge is 0.494 e. The molecular formula is C25H28FN3O5S2. The first-order valence-corrected chi connectivity index (χ1v) is 14.2. The number of anilines is 1. The van der Waals surface area contributed by atoms with Gasteiger partial charge in [-0.2, -0.15) is 4.31 Å². The highest BCUT2D eigenvalue weighted by molar-refractivity contribution is 7.89. The Morgan fingerprint density at radius 1 is 1.19 bits per heavy atom. The van der Waals surface area contributed by atoms with Crippen LogP contribution in [0.3, 0.4) is 0 Å². The van der Waals surface area contributed by atoms with Crippen LogP contribution >= 0.6 is 11.3 Å². The lowest BCUT2D eigenvalue weighted by atomic mass is 9.96. The lowest BCUT2D eigenvalue weighted by molar-refractivity contribution is -0.123. The molecule has 2 aliphatic heterocycles. The van der Waals surface area contributed by atoms with Crippen molar-refractivity contribution in [3.05, 3.63) is 48.3 Å². The number of piperidine rings is 1. The van der Waals surface area contributed by atoms with E-state index in [9.17, 15) is 17.6 Å². The van der Waals surface area contributed by atoms with Gasteiger partial charge in [0.25, 0.3) is 0 Å². The number of sulfonamides is 1. The van der Waals surface area contributed by atoms with E-state index < -0.39 is 15.8 Å². The molecule has 36 heavy (non-hydrogen) atoms. The van der Waals surface area contributed by atoms with Crippen LogP contribution in [0.1, 0.15) is 25.7 Å². The van der Waals surface area contributed by atoms with Crippen LogP contribution in [-0.2, 0) is 19.6 Å². The average Bonchev–Trinajstić information content (AvgIpc) is 3.57. The molecule has 0 spiro atoms. The van der Waals surface area contributed by atoms with E-state index in [-0.39, 0.29) is 35.9 Å². The minimum absolute atomic E-state index is 0.0529. The summed E-state index contributed by atoms with van der Waals surface area (Å²) in [7, 11) is -2.15. The monoisotopic (exact) mass is 533 g/mol. The van der Waals surface area contributed by atoms with E-state index in [2.05, 4.69) is 0 Å². The first-order chi connectivity index (χ1) is 17.4. The van der Waals surface area contributed by atoms with Gasteiger partial charge in [0.15, 0.2) is 5.13 Å². The maximum Gasteiger partial charge on any atom is 0.243 e. The fourth-order valence-corrected chi connectivity index (χ4v) is 7.23. The molecular weight excluding hydrogens is 505 g/mol. The number of rotatable bonds is 7. The van der Waals surface area contributed by atoms with Gasteiger partial charge in [-0.3, -0.25) is 9.69 Å². The van der Waals surface area contributed by atoms with Crippen molar-refractivity contribution >= 4 is 42.6 Å².